The minimum atomic E-state index is 0.867. The fourth-order valence-corrected chi connectivity index (χ4v) is 13.4. The first-order valence-electron chi connectivity index (χ1n) is 31.1. The van der Waals surface area contributed by atoms with Gasteiger partial charge in [-0.3, -0.25) is 0 Å². The maximum absolute atomic E-state index is 5.15. The Morgan fingerprint density at radius 3 is 1.09 bits per heavy atom. The minimum Gasteiger partial charge on any atom is -0.248 e. The fourth-order valence-electron chi connectivity index (χ4n) is 13.4. The topological polar surface area (TPSA) is 77.3 Å². The molecule has 0 aliphatic rings. The van der Waals surface area contributed by atoms with Gasteiger partial charge in [0.25, 0.3) is 0 Å². The molecule has 0 unspecified atom stereocenters. The van der Waals surface area contributed by atoms with E-state index in [2.05, 4.69) is 315 Å². The molecule has 19 rings (SSSR count). The molecule has 0 saturated carbocycles. The van der Waals surface area contributed by atoms with E-state index in [0.29, 0.717) is 0 Å². The van der Waals surface area contributed by atoms with Crippen molar-refractivity contribution in [2.75, 3.05) is 0 Å². The van der Waals surface area contributed by atoms with Gasteiger partial charge in [-0.25, -0.2) is 29.9 Å². The summed E-state index contributed by atoms with van der Waals surface area (Å²) in [7, 11) is 0. The van der Waals surface area contributed by atoms with Gasteiger partial charge < -0.3 is 0 Å². The maximum atomic E-state index is 5.15. The van der Waals surface area contributed by atoms with Crippen LogP contribution in [0.4, 0.5) is 0 Å². The number of aromatic nitrogens is 6. The number of benzene rings is 13. The monoisotopic (exact) mass is 1170 g/mol. The molecular formula is C86H52N6. The highest BCUT2D eigenvalue weighted by molar-refractivity contribution is 6.14. The molecule has 0 radical (unpaired) electrons. The van der Waals surface area contributed by atoms with Crippen LogP contribution < -0.4 is 0 Å². The number of hydrogen-bond donors (Lipinski definition) is 0. The van der Waals surface area contributed by atoms with Gasteiger partial charge >= 0.3 is 0 Å². The highest BCUT2D eigenvalue weighted by Gasteiger charge is 2.15. The zero-order valence-electron chi connectivity index (χ0n) is 49.7. The smallest absolute Gasteiger partial charge is 0.0894 e. The molecule has 0 fully saturated rings. The first kappa shape index (κ1) is 52.7. The van der Waals surface area contributed by atoms with Gasteiger partial charge in [0, 0.05) is 54.2 Å². The van der Waals surface area contributed by atoms with Crippen LogP contribution in [0.1, 0.15) is 0 Å². The summed E-state index contributed by atoms with van der Waals surface area (Å²) >= 11 is 0. The Labute approximate surface area is 529 Å². The minimum absolute atomic E-state index is 0.867. The van der Waals surface area contributed by atoms with Crippen molar-refractivity contribution in [3.05, 3.63) is 315 Å². The summed E-state index contributed by atoms with van der Waals surface area (Å²) in [5.74, 6) is 0. The second kappa shape index (κ2) is 21.7. The lowest BCUT2D eigenvalue weighted by Gasteiger charge is -2.12. The largest absolute Gasteiger partial charge is 0.248 e. The highest BCUT2D eigenvalue weighted by atomic mass is 14.8. The van der Waals surface area contributed by atoms with Gasteiger partial charge in [0.2, 0.25) is 0 Å². The molecule has 13 aromatic carbocycles. The van der Waals surface area contributed by atoms with Crippen molar-refractivity contribution >= 4 is 119 Å². The molecule has 0 amide bonds. The molecule has 0 bridgehead atoms. The van der Waals surface area contributed by atoms with Crippen LogP contribution in [-0.4, -0.2) is 29.9 Å². The third kappa shape index (κ3) is 9.45. The Morgan fingerprint density at radius 1 is 0.152 bits per heavy atom. The molecule has 426 valence electrons. The number of rotatable bonds is 6. The normalized spacial score (nSPS) is 11.7. The third-order valence-electron chi connectivity index (χ3n) is 18.2. The molecule has 92 heavy (non-hydrogen) atoms. The van der Waals surface area contributed by atoms with Crippen molar-refractivity contribution in [2.45, 2.75) is 0 Å². The fraction of sp³-hybridized carbons (Fsp3) is 0. The van der Waals surface area contributed by atoms with Gasteiger partial charge in [-0.1, -0.05) is 231 Å². The summed E-state index contributed by atoms with van der Waals surface area (Å²) in [4.78, 5) is 30.5. The van der Waals surface area contributed by atoms with E-state index >= 15 is 0 Å². The number of pyridine rings is 6. The van der Waals surface area contributed by atoms with Crippen LogP contribution >= 0.6 is 0 Å². The van der Waals surface area contributed by atoms with Crippen LogP contribution in [0.3, 0.4) is 0 Å². The summed E-state index contributed by atoms with van der Waals surface area (Å²) in [6.07, 6.45) is 0. The molecular weight excluding hydrogens is 1120 g/mol. The lowest BCUT2D eigenvalue weighted by molar-refractivity contribution is 1.32. The van der Waals surface area contributed by atoms with E-state index in [9.17, 15) is 0 Å². The van der Waals surface area contributed by atoms with Gasteiger partial charge in [0.15, 0.2) is 0 Å². The predicted octanol–water partition coefficient (Wildman–Crippen LogP) is 22.4. The van der Waals surface area contributed by atoms with Crippen molar-refractivity contribution in [3.63, 3.8) is 0 Å². The average Bonchev–Trinajstić information content (AvgIpc) is 0.965. The Morgan fingerprint density at radius 2 is 0.500 bits per heavy atom. The Balaban J connectivity index is 0.000000136. The van der Waals surface area contributed by atoms with Gasteiger partial charge in [-0.15, -0.1) is 0 Å². The summed E-state index contributed by atoms with van der Waals surface area (Å²) in [6, 6.07) is 111. The Hall–Kier alpha value is -12.4. The van der Waals surface area contributed by atoms with Crippen LogP contribution in [0.25, 0.3) is 187 Å². The Bertz CT molecular complexity index is 6230. The molecule has 6 heteroatoms. The van der Waals surface area contributed by atoms with E-state index in [1.54, 1.807) is 0 Å². The molecule has 6 heterocycles. The molecule has 6 aromatic heterocycles. The predicted molar refractivity (Wildman–Crippen MR) is 385 cm³/mol. The number of nitrogens with zero attached hydrogens (tertiary/aromatic N) is 6. The van der Waals surface area contributed by atoms with Gasteiger partial charge in [0.05, 0.1) is 67.3 Å². The van der Waals surface area contributed by atoms with E-state index in [1.807, 2.05) is 0 Å². The lowest BCUT2D eigenvalue weighted by Crippen LogP contribution is -1.91. The van der Waals surface area contributed by atoms with Crippen LogP contribution in [0.2, 0.25) is 0 Å². The van der Waals surface area contributed by atoms with E-state index < -0.39 is 0 Å². The van der Waals surface area contributed by atoms with Crippen LogP contribution in [0.15, 0.2) is 315 Å². The van der Waals surface area contributed by atoms with Crippen LogP contribution in [-0.2, 0) is 0 Å². The molecule has 0 aliphatic heterocycles. The molecule has 0 atom stereocenters. The van der Waals surface area contributed by atoms with Crippen molar-refractivity contribution in [1.29, 1.82) is 0 Å². The highest BCUT2D eigenvalue weighted by Crippen LogP contribution is 2.38. The zero-order valence-corrected chi connectivity index (χ0v) is 49.7. The van der Waals surface area contributed by atoms with E-state index in [-0.39, 0.29) is 0 Å². The molecule has 0 N–H and O–H groups in total. The summed E-state index contributed by atoms with van der Waals surface area (Å²) in [5, 5.41) is 18.8. The third-order valence-corrected chi connectivity index (χ3v) is 18.2. The quantitative estimate of drug-likeness (QED) is 0.154. The first-order valence-corrected chi connectivity index (χ1v) is 31.1. The SMILES string of the molecule is c1ccc2c(c1)cc(-c1ccc3cc(-c4ccc5ccc(-c6ccc7ccc8ccccc8c7n6)nc5c4)ccc3n1)c1ccccc12.c1ccc2cc(-c3ccc4cc(-c5ccc6ccc(-c7ccc8ccc9ccccc9c8n7)nc6c5)ccc4n3)ccc2c1. The second-order valence-corrected chi connectivity index (χ2v) is 23.8. The maximum Gasteiger partial charge on any atom is 0.0894 e. The van der Waals surface area contributed by atoms with Gasteiger partial charge in [-0.2, -0.15) is 0 Å². The van der Waals surface area contributed by atoms with Crippen molar-refractivity contribution in [1.82, 2.24) is 29.9 Å². The van der Waals surface area contributed by atoms with Crippen molar-refractivity contribution in [2.24, 2.45) is 0 Å². The molecule has 0 spiro atoms. The molecule has 0 aliphatic carbocycles. The van der Waals surface area contributed by atoms with Crippen LogP contribution in [0.5, 0.6) is 0 Å². The Kier molecular flexibility index (Phi) is 12.5. The van der Waals surface area contributed by atoms with Gasteiger partial charge in [-0.05, 0) is 150 Å². The van der Waals surface area contributed by atoms with E-state index in [0.717, 1.165) is 144 Å². The van der Waals surface area contributed by atoms with E-state index in [1.165, 1.54) is 43.1 Å². The van der Waals surface area contributed by atoms with Gasteiger partial charge in [0.1, 0.15) is 0 Å². The molecule has 0 saturated heterocycles. The van der Waals surface area contributed by atoms with Crippen LogP contribution in [0, 0.1) is 0 Å². The second-order valence-electron chi connectivity index (χ2n) is 23.8. The number of hydrogen-bond acceptors (Lipinski definition) is 6. The number of fused-ring (bicyclic) bond motifs is 14. The molecule has 6 nitrogen and oxygen atoms in total. The average molecular weight is 1170 g/mol. The lowest BCUT2D eigenvalue weighted by atomic mass is 9.95. The first-order chi connectivity index (χ1) is 45.5. The van der Waals surface area contributed by atoms with E-state index in [4.69, 9.17) is 29.9 Å². The summed E-state index contributed by atoms with van der Waals surface area (Å²) < 4.78 is 0. The summed E-state index contributed by atoms with van der Waals surface area (Å²) in [6.45, 7) is 0. The standard InChI is InChI=1S/C45H27N3.C41H25N3/c1-4-10-36-28(7-1)13-15-30-18-24-43(48-45(30)36)42-23-17-29-14-16-32(27-44(29)47-42)31-19-21-40-34(25-31)20-22-41(46-40)39-26-33-8-2-3-9-35(33)37-11-5-6-12-38(37)39;1-2-7-30-23-33(14-9-26(30)5-1)37-20-18-34-24-31(17-19-36(34)42-37)32-13-11-28-15-21-38(43-40(28)25-32)39-22-16-29-12-10-27-6-3-4-8-35(27)41(29)44-39/h1-27H;1-25H. The van der Waals surface area contributed by atoms with Crippen molar-refractivity contribution in [3.8, 4) is 67.5 Å². The summed E-state index contributed by atoms with van der Waals surface area (Å²) in [5.41, 5.74) is 18.1. The zero-order chi connectivity index (χ0) is 60.6. The van der Waals surface area contributed by atoms with Crippen molar-refractivity contribution < 1.29 is 0 Å². The molecule has 19 aromatic rings.